The summed E-state index contributed by atoms with van der Waals surface area (Å²) in [4.78, 5) is 63.2. The van der Waals surface area contributed by atoms with Gasteiger partial charge in [0, 0.05) is 36.9 Å². The van der Waals surface area contributed by atoms with Crippen LogP contribution in [0.1, 0.15) is 99.8 Å². The molecule has 3 saturated carbocycles. The summed E-state index contributed by atoms with van der Waals surface area (Å²) in [5.74, 6) is -1.93. The fraction of sp³-hybridized carbons (Fsp3) is 0.811. The van der Waals surface area contributed by atoms with Crippen molar-refractivity contribution in [1.82, 2.24) is 16.0 Å². The number of rotatable bonds is 12. The van der Waals surface area contributed by atoms with E-state index in [9.17, 15) is 29.1 Å². The Morgan fingerprint density at radius 1 is 1.10 bits per heavy atom. The van der Waals surface area contributed by atoms with Crippen molar-refractivity contribution in [3.63, 3.8) is 0 Å². The largest absolute Gasteiger partial charge is 0.458 e. The molecule has 7 aliphatic rings. The van der Waals surface area contributed by atoms with Gasteiger partial charge in [0.05, 0.1) is 12.5 Å². The first-order valence-electron chi connectivity index (χ1n) is 18.6. The quantitative estimate of drug-likeness (QED) is 0.100. The molecule has 3 spiro atoms. The highest BCUT2D eigenvalue weighted by Crippen LogP contribution is 2.91. The summed E-state index contributed by atoms with van der Waals surface area (Å²) in [5.41, 5.74) is -3.10. The molecule has 0 radical (unpaired) electrons. The molecule has 3 amide bonds. The zero-order valence-electron chi connectivity index (χ0n) is 30.8. The van der Waals surface area contributed by atoms with Crippen molar-refractivity contribution in [3.05, 3.63) is 11.1 Å². The first kappa shape index (κ1) is 36.1. The molecule has 4 aliphatic carbocycles. The second-order valence-corrected chi connectivity index (χ2v) is 17.2. The summed E-state index contributed by atoms with van der Waals surface area (Å²) in [5, 5.41) is 20.6. The van der Waals surface area contributed by atoms with Crippen LogP contribution in [-0.4, -0.2) is 101 Å². The number of hydrogen-bond acceptors (Lipinski definition) is 11. The Kier molecular flexibility index (Phi) is 8.43. The molecule has 14 heteroatoms. The summed E-state index contributed by atoms with van der Waals surface area (Å²) in [6, 6.07) is -0.922. The molecule has 4 N–H and O–H groups in total. The van der Waals surface area contributed by atoms with E-state index in [0.29, 0.717) is 51.5 Å². The van der Waals surface area contributed by atoms with Gasteiger partial charge in [-0.05, 0) is 83.1 Å². The molecule has 0 aromatic heterocycles. The molecular formula is C37H53N3O11. The number of carbonyl (C=O) groups excluding carboxylic acids is 5. The van der Waals surface area contributed by atoms with Crippen molar-refractivity contribution in [1.29, 1.82) is 0 Å². The van der Waals surface area contributed by atoms with E-state index in [2.05, 4.69) is 22.9 Å². The second kappa shape index (κ2) is 11.9. The van der Waals surface area contributed by atoms with E-state index in [1.165, 1.54) is 6.92 Å². The van der Waals surface area contributed by atoms with Gasteiger partial charge in [-0.15, -0.1) is 0 Å². The minimum Gasteiger partial charge on any atom is -0.458 e. The van der Waals surface area contributed by atoms with Gasteiger partial charge in [0.2, 0.25) is 11.8 Å². The van der Waals surface area contributed by atoms with E-state index < -0.39 is 63.5 Å². The van der Waals surface area contributed by atoms with Crippen molar-refractivity contribution < 1.29 is 52.8 Å². The van der Waals surface area contributed by atoms with Gasteiger partial charge in [-0.2, -0.15) is 0 Å². The van der Waals surface area contributed by atoms with E-state index in [4.69, 9.17) is 23.7 Å². The van der Waals surface area contributed by atoms with Crippen molar-refractivity contribution >= 4 is 29.8 Å². The highest BCUT2D eigenvalue weighted by molar-refractivity contribution is 5.92. The van der Waals surface area contributed by atoms with Crippen molar-refractivity contribution in [2.75, 3.05) is 19.7 Å². The third-order valence-corrected chi connectivity index (χ3v) is 12.9. The monoisotopic (exact) mass is 715 g/mol. The third-order valence-electron chi connectivity index (χ3n) is 12.9. The van der Waals surface area contributed by atoms with Crippen molar-refractivity contribution in [3.8, 4) is 0 Å². The molecule has 0 bridgehead atoms. The SMILES string of the molecule is CC(=O)NCCCC[C@H](NC(=O)OC(C)(C)C)C(=O)NCCC(=O)O[C@@H]1[C@](O)(C(C)C)C2C[C@]23O[C@]32[C@]13O[C@H]3C[C@H]1C3=C(CC[C@@]12C)C(=O)OC3. The van der Waals surface area contributed by atoms with Gasteiger partial charge in [-0.25, -0.2) is 9.59 Å². The first-order valence-corrected chi connectivity index (χ1v) is 18.6. The van der Waals surface area contributed by atoms with Gasteiger partial charge < -0.3 is 44.7 Å². The second-order valence-electron chi connectivity index (χ2n) is 17.2. The maximum atomic E-state index is 13.7. The predicted octanol–water partition coefficient (Wildman–Crippen LogP) is 2.34. The number of hydrogen-bond donors (Lipinski definition) is 4. The first-order chi connectivity index (χ1) is 23.9. The van der Waals surface area contributed by atoms with Gasteiger partial charge in [0.25, 0.3) is 0 Å². The Morgan fingerprint density at radius 3 is 2.53 bits per heavy atom. The molecule has 3 aliphatic heterocycles. The summed E-state index contributed by atoms with van der Waals surface area (Å²) in [6.07, 6.45) is 1.78. The molecule has 10 atom stereocenters. The van der Waals surface area contributed by atoms with Crippen LogP contribution in [-0.2, 0) is 42.9 Å². The van der Waals surface area contributed by atoms with Gasteiger partial charge >= 0.3 is 18.0 Å². The van der Waals surface area contributed by atoms with Crippen LogP contribution in [0.3, 0.4) is 0 Å². The minimum absolute atomic E-state index is 0.0263. The fourth-order valence-corrected chi connectivity index (χ4v) is 10.6. The maximum Gasteiger partial charge on any atom is 0.408 e. The number of aliphatic hydroxyl groups is 1. The summed E-state index contributed by atoms with van der Waals surface area (Å²) in [6.45, 7) is 13.3. The normalized spacial score (nSPS) is 39.8. The Labute approximate surface area is 298 Å². The highest BCUT2D eigenvalue weighted by atomic mass is 16.7. The van der Waals surface area contributed by atoms with Crippen LogP contribution in [0.5, 0.6) is 0 Å². The molecule has 0 aromatic rings. The predicted molar refractivity (Wildman–Crippen MR) is 179 cm³/mol. The van der Waals surface area contributed by atoms with Crippen LogP contribution in [0.15, 0.2) is 11.1 Å². The lowest BCUT2D eigenvalue weighted by atomic mass is 9.46. The lowest BCUT2D eigenvalue weighted by molar-refractivity contribution is -0.210. The standard InChI is InChI=1S/C37H53N3O11/c1-19(2)35(46)25-17-34(25)37(51-34)33(7)13-11-21-22(18-47-29(21)44)23(33)16-26-36(37,49-26)30(35)48-27(42)12-15-39-28(43)24(10-8-9-14-38-20(3)41)40-31(45)50-32(4,5)6/h19,23-26,30,46H,8-18H2,1-7H3,(H,38,41)(H,39,43)(H,40,45)/t23-,24-,25?,26-,30+,33-,34-,35-,36+,37-/m0/s1. The van der Waals surface area contributed by atoms with Crippen LogP contribution < -0.4 is 16.0 Å². The number of alkyl carbamates (subject to hydrolysis) is 1. The van der Waals surface area contributed by atoms with Crippen LogP contribution in [0.2, 0.25) is 0 Å². The van der Waals surface area contributed by atoms with Gasteiger partial charge in [0.1, 0.15) is 35.1 Å². The Morgan fingerprint density at radius 2 is 1.84 bits per heavy atom. The Hall–Kier alpha value is -3.23. The van der Waals surface area contributed by atoms with Gasteiger partial charge in [-0.3, -0.25) is 14.4 Å². The highest BCUT2D eigenvalue weighted by Gasteiger charge is 3.06. The van der Waals surface area contributed by atoms with Gasteiger partial charge in [0.15, 0.2) is 11.7 Å². The number of nitrogens with one attached hydrogen (secondary N) is 3. The maximum absolute atomic E-state index is 13.7. The van der Waals surface area contributed by atoms with E-state index in [-0.39, 0.29) is 55.3 Å². The molecule has 5 fully saturated rings. The third kappa shape index (κ3) is 5.24. The van der Waals surface area contributed by atoms with Crippen LogP contribution in [0.25, 0.3) is 0 Å². The molecule has 2 saturated heterocycles. The van der Waals surface area contributed by atoms with E-state index in [0.717, 1.165) is 11.1 Å². The van der Waals surface area contributed by atoms with Crippen LogP contribution in [0.4, 0.5) is 4.79 Å². The van der Waals surface area contributed by atoms with Gasteiger partial charge in [-0.1, -0.05) is 20.8 Å². The lowest BCUT2D eigenvalue weighted by Crippen LogP contribution is -2.73. The summed E-state index contributed by atoms with van der Waals surface area (Å²) >= 11 is 0. The molecule has 7 rings (SSSR count). The minimum atomic E-state index is -1.39. The number of fused-ring (bicyclic) bond motifs is 2. The summed E-state index contributed by atoms with van der Waals surface area (Å²) < 4.78 is 30.7. The van der Waals surface area contributed by atoms with Crippen LogP contribution >= 0.6 is 0 Å². The lowest BCUT2D eigenvalue weighted by Gasteiger charge is -2.56. The topological polar surface area (TPSA) is 194 Å². The molecular weight excluding hydrogens is 662 g/mol. The number of esters is 2. The Balaban J connectivity index is 1.04. The van der Waals surface area contributed by atoms with Crippen molar-refractivity contribution in [2.45, 2.75) is 146 Å². The zero-order chi connectivity index (χ0) is 36.9. The molecule has 0 aromatic carbocycles. The Bertz CT molecular complexity index is 1570. The average Bonchev–Trinajstić information content (AvgIpc) is 3.98. The number of epoxide rings is 2. The fourth-order valence-electron chi connectivity index (χ4n) is 10.6. The number of ether oxygens (including phenoxy) is 5. The van der Waals surface area contributed by atoms with Crippen molar-refractivity contribution in [2.24, 2.45) is 23.2 Å². The van der Waals surface area contributed by atoms with E-state index in [1.807, 2.05) is 13.8 Å². The molecule has 282 valence electrons. The zero-order valence-corrected chi connectivity index (χ0v) is 30.8. The number of unbranched alkanes of at least 4 members (excludes halogenated alkanes) is 1. The van der Waals surface area contributed by atoms with E-state index >= 15 is 0 Å². The van der Waals surface area contributed by atoms with Crippen LogP contribution in [0, 0.1) is 23.2 Å². The number of carbonyl (C=O) groups is 5. The number of amides is 3. The molecule has 1 unspecified atom stereocenters. The smallest absolute Gasteiger partial charge is 0.408 e. The van der Waals surface area contributed by atoms with E-state index in [1.54, 1.807) is 20.8 Å². The average molecular weight is 716 g/mol. The number of cyclic esters (lactones) is 1. The summed E-state index contributed by atoms with van der Waals surface area (Å²) in [7, 11) is 0. The molecule has 51 heavy (non-hydrogen) atoms. The molecule has 14 nitrogen and oxygen atoms in total. The molecule has 3 heterocycles.